The van der Waals surface area contributed by atoms with Crippen LogP contribution in [0.25, 0.3) is 0 Å². The van der Waals surface area contributed by atoms with Crippen molar-refractivity contribution in [3.8, 4) is 0 Å². The molecule has 5 heteroatoms. The number of carbonyl (C=O) groups is 1. The van der Waals surface area contributed by atoms with Crippen molar-refractivity contribution in [2.24, 2.45) is 11.1 Å². The van der Waals surface area contributed by atoms with Crippen molar-refractivity contribution in [1.29, 1.82) is 0 Å². The number of aliphatic hydroxyl groups is 1. The maximum absolute atomic E-state index is 12.9. The minimum Gasteiger partial charge on any atom is -0.395 e. The van der Waals surface area contributed by atoms with E-state index in [1.807, 2.05) is 18.7 Å². The molecule has 0 aromatic carbocycles. The average Bonchev–Trinajstić information content (AvgIpc) is 2.91. The smallest absolute Gasteiger partial charge is 0.235 e. The summed E-state index contributed by atoms with van der Waals surface area (Å²) in [5, 5.41) is 9.24. The summed E-state index contributed by atoms with van der Waals surface area (Å²) in [6.07, 6.45) is 5.58. The van der Waals surface area contributed by atoms with Crippen LogP contribution in [0.2, 0.25) is 0 Å². The molecular formula is C14H26N2O2S. The monoisotopic (exact) mass is 286 g/mol. The van der Waals surface area contributed by atoms with Crippen LogP contribution < -0.4 is 5.73 Å². The molecule has 0 atom stereocenters. The van der Waals surface area contributed by atoms with E-state index in [0.717, 1.165) is 25.7 Å². The molecule has 0 bridgehead atoms. The predicted molar refractivity (Wildman–Crippen MR) is 80.9 cm³/mol. The third-order valence-corrected chi connectivity index (χ3v) is 4.85. The first kappa shape index (κ1) is 16.4. The first-order valence-corrected chi connectivity index (χ1v) is 7.66. The van der Waals surface area contributed by atoms with Crippen LogP contribution in [-0.4, -0.2) is 40.1 Å². The van der Waals surface area contributed by atoms with Gasteiger partial charge in [0.25, 0.3) is 0 Å². The van der Waals surface area contributed by atoms with Crippen LogP contribution in [0.15, 0.2) is 0 Å². The summed E-state index contributed by atoms with van der Waals surface area (Å²) in [5.41, 5.74) is 5.10. The Labute approximate surface area is 121 Å². The quantitative estimate of drug-likeness (QED) is 0.701. The fourth-order valence-corrected chi connectivity index (χ4v) is 3.43. The molecule has 0 spiro atoms. The summed E-state index contributed by atoms with van der Waals surface area (Å²) >= 11 is 5.15. The molecule has 110 valence electrons. The van der Waals surface area contributed by atoms with Crippen molar-refractivity contribution in [1.82, 2.24) is 4.90 Å². The predicted octanol–water partition coefficient (Wildman–Crippen LogP) is 1.84. The lowest BCUT2D eigenvalue weighted by atomic mass is 9.80. The third-order valence-electron chi connectivity index (χ3n) is 4.46. The lowest BCUT2D eigenvalue weighted by Gasteiger charge is -2.38. The van der Waals surface area contributed by atoms with Crippen LogP contribution in [-0.2, 0) is 4.79 Å². The van der Waals surface area contributed by atoms with E-state index in [-0.39, 0.29) is 23.5 Å². The Morgan fingerprint density at radius 3 is 2.26 bits per heavy atom. The lowest BCUT2D eigenvalue weighted by molar-refractivity contribution is -0.141. The van der Waals surface area contributed by atoms with E-state index >= 15 is 0 Å². The molecule has 1 amide bonds. The number of rotatable bonds is 7. The number of hydrogen-bond donors (Lipinski definition) is 2. The van der Waals surface area contributed by atoms with Gasteiger partial charge >= 0.3 is 0 Å². The van der Waals surface area contributed by atoms with Gasteiger partial charge in [0, 0.05) is 12.6 Å². The van der Waals surface area contributed by atoms with E-state index in [4.69, 9.17) is 18.0 Å². The molecule has 1 rings (SSSR count). The average molecular weight is 286 g/mol. The summed E-state index contributed by atoms with van der Waals surface area (Å²) in [6, 6.07) is 0.242. The zero-order valence-electron chi connectivity index (χ0n) is 12.0. The second-order valence-corrected chi connectivity index (χ2v) is 5.75. The number of hydrogen-bond acceptors (Lipinski definition) is 3. The first-order valence-electron chi connectivity index (χ1n) is 7.25. The number of nitrogens with zero attached hydrogens (tertiary/aromatic N) is 1. The Hall–Kier alpha value is -0.680. The Morgan fingerprint density at radius 2 is 1.89 bits per heavy atom. The Kier molecular flexibility index (Phi) is 6.20. The van der Waals surface area contributed by atoms with Crippen LogP contribution >= 0.6 is 12.2 Å². The molecule has 1 aliphatic rings. The molecule has 19 heavy (non-hydrogen) atoms. The van der Waals surface area contributed by atoms with Gasteiger partial charge in [-0.2, -0.15) is 0 Å². The Bertz CT molecular complexity index is 323. The lowest BCUT2D eigenvalue weighted by Crippen LogP contribution is -2.53. The number of aliphatic hydroxyl groups excluding tert-OH is 1. The van der Waals surface area contributed by atoms with Crippen LogP contribution in [0, 0.1) is 5.41 Å². The van der Waals surface area contributed by atoms with Gasteiger partial charge in [-0.05, 0) is 25.7 Å². The molecule has 3 N–H and O–H groups in total. The number of carbonyl (C=O) groups excluding carboxylic acids is 1. The zero-order valence-corrected chi connectivity index (χ0v) is 12.8. The van der Waals surface area contributed by atoms with Gasteiger partial charge in [-0.3, -0.25) is 4.79 Å². The SMILES string of the molecule is CCC(CC)(C(=O)N(CCO)C1CCCC1)C(N)=S. The van der Waals surface area contributed by atoms with Crippen LogP contribution in [0.4, 0.5) is 0 Å². The molecule has 4 nitrogen and oxygen atoms in total. The fraction of sp³-hybridized carbons (Fsp3) is 0.857. The highest BCUT2D eigenvalue weighted by Gasteiger charge is 2.43. The molecule has 0 unspecified atom stereocenters. The second-order valence-electron chi connectivity index (χ2n) is 5.31. The summed E-state index contributed by atoms with van der Waals surface area (Å²) in [5.74, 6) is 0.00551. The number of nitrogens with two attached hydrogens (primary N) is 1. The molecule has 0 saturated heterocycles. The number of thiocarbonyl (C=S) groups is 1. The molecule has 1 fully saturated rings. The van der Waals surface area contributed by atoms with Crippen LogP contribution in [0.1, 0.15) is 52.4 Å². The fourth-order valence-electron chi connectivity index (χ4n) is 3.05. The van der Waals surface area contributed by atoms with Crippen molar-refractivity contribution in [3.05, 3.63) is 0 Å². The van der Waals surface area contributed by atoms with Crippen LogP contribution in [0.5, 0.6) is 0 Å². The van der Waals surface area contributed by atoms with Gasteiger partial charge in [0.2, 0.25) is 5.91 Å². The van der Waals surface area contributed by atoms with Crippen molar-refractivity contribution < 1.29 is 9.90 Å². The van der Waals surface area contributed by atoms with Crippen molar-refractivity contribution in [2.75, 3.05) is 13.2 Å². The normalized spacial score (nSPS) is 16.6. The standard InChI is InChI=1S/C14H26N2O2S/c1-3-14(4-2,12(15)19)13(18)16(9-10-17)11-7-5-6-8-11/h11,17H,3-10H2,1-2H3,(H2,15,19). The highest BCUT2D eigenvalue weighted by molar-refractivity contribution is 7.80. The van der Waals surface area contributed by atoms with Gasteiger partial charge in [-0.15, -0.1) is 0 Å². The summed E-state index contributed by atoms with van der Waals surface area (Å²) in [6.45, 7) is 4.27. The van der Waals surface area contributed by atoms with Crippen molar-refractivity contribution >= 4 is 23.1 Å². The maximum Gasteiger partial charge on any atom is 0.235 e. The topological polar surface area (TPSA) is 66.6 Å². The van der Waals surface area contributed by atoms with E-state index in [9.17, 15) is 9.90 Å². The van der Waals surface area contributed by atoms with Crippen molar-refractivity contribution in [2.45, 2.75) is 58.4 Å². The second kappa shape index (κ2) is 7.20. The molecule has 0 aromatic heterocycles. The van der Waals surface area contributed by atoms with E-state index in [1.54, 1.807) is 0 Å². The van der Waals surface area contributed by atoms with Gasteiger partial charge in [0.05, 0.1) is 17.0 Å². The van der Waals surface area contributed by atoms with E-state index in [2.05, 4.69) is 0 Å². The van der Waals surface area contributed by atoms with E-state index in [0.29, 0.717) is 19.4 Å². The molecule has 0 aliphatic heterocycles. The maximum atomic E-state index is 12.9. The zero-order chi connectivity index (χ0) is 14.5. The molecular weight excluding hydrogens is 260 g/mol. The largest absolute Gasteiger partial charge is 0.395 e. The van der Waals surface area contributed by atoms with Gasteiger partial charge < -0.3 is 15.7 Å². The minimum atomic E-state index is -0.743. The summed E-state index contributed by atoms with van der Waals surface area (Å²) in [4.78, 5) is 15.0. The van der Waals surface area contributed by atoms with E-state index < -0.39 is 5.41 Å². The van der Waals surface area contributed by atoms with Gasteiger partial charge in [0.1, 0.15) is 0 Å². The molecule has 0 heterocycles. The van der Waals surface area contributed by atoms with Gasteiger partial charge in [-0.25, -0.2) is 0 Å². The minimum absolute atomic E-state index is 0.00551. The number of amides is 1. The first-order chi connectivity index (χ1) is 9.03. The highest BCUT2D eigenvalue weighted by atomic mass is 32.1. The van der Waals surface area contributed by atoms with Gasteiger partial charge in [-0.1, -0.05) is 38.9 Å². The summed E-state index contributed by atoms with van der Waals surface area (Å²) < 4.78 is 0. The molecule has 0 radical (unpaired) electrons. The Balaban J connectivity index is 2.98. The molecule has 1 saturated carbocycles. The highest BCUT2D eigenvalue weighted by Crippen LogP contribution is 2.33. The Morgan fingerprint density at radius 1 is 1.37 bits per heavy atom. The van der Waals surface area contributed by atoms with Gasteiger partial charge in [0.15, 0.2) is 0 Å². The summed E-state index contributed by atoms with van der Waals surface area (Å²) in [7, 11) is 0. The van der Waals surface area contributed by atoms with Crippen LogP contribution in [0.3, 0.4) is 0 Å². The van der Waals surface area contributed by atoms with E-state index in [1.165, 1.54) is 0 Å². The molecule has 0 aromatic rings. The van der Waals surface area contributed by atoms with Crippen molar-refractivity contribution in [3.63, 3.8) is 0 Å². The molecule has 1 aliphatic carbocycles. The third kappa shape index (κ3) is 3.26.